The number of hydrogen-bond donors (Lipinski definition) is 0. The molecule has 0 radical (unpaired) electrons. The van der Waals surface area contributed by atoms with Crippen LogP contribution in [0.1, 0.15) is 56.6 Å². The number of allylic oxidation sites excluding steroid dienone is 2. The Bertz CT molecular complexity index is 453. The second-order valence-corrected chi connectivity index (χ2v) is 5.32. The number of nitriles is 1. The van der Waals surface area contributed by atoms with Gasteiger partial charge < -0.3 is 0 Å². The standard InChI is InChI=1S/C17H21N/c1-3-13(2)15-8-10-17(11-9-15)16-6-4-14(12-18)5-7-16/h3-7,15,17H,8-11H2,1-2H3. The molecule has 1 aromatic rings. The van der Waals surface area contributed by atoms with Gasteiger partial charge in [0.25, 0.3) is 0 Å². The number of nitrogens with zero attached hydrogens (tertiary/aromatic N) is 1. The van der Waals surface area contributed by atoms with Crippen molar-refractivity contribution in [2.45, 2.75) is 45.4 Å². The first kappa shape index (κ1) is 12.9. The lowest BCUT2D eigenvalue weighted by molar-refractivity contribution is 0.362. The predicted molar refractivity (Wildman–Crippen MR) is 75.3 cm³/mol. The largest absolute Gasteiger partial charge is 0.192 e. The Balaban J connectivity index is 1.99. The molecular weight excluding hydrogens is 218 g/mol. The lowest BCUT2D eigenvalue weighted by Gasteiger charge is -2.29. The van der Waals surface area contributed by atoms with Crippen LogP contribution >= 0.6 is 0 Å². The summed E-state index contributed by atoms with van der Waals surface area (Å²) < 4.78 is 0. The van der Waals surface area contributed by atoms with Crippen LogP contribution in [0.15, 0.2) is 35.9 Å². The zero-order chi connectivity index (χ0) is 13.0. The molecule has 1 aliphatic carbocycles. The van der Waals surface area contributed by atoms with Crippen LogP contribution in [0.4, 0.5) is 0 Å². The lowest BCUT2D eigenvalue weighted by atomic mass is 9.76. The van der Waals surface area contributed by atoms with E-state index in [2.05, 4.69) is 38.1 Å². The van der Waals surface area contributed by atoms with Crippen molar-refractivity contribution >= 4 is 0 Å². The van der Waals surface area contributed by atoms with Crippen molar-refractivity contribution in [2.24, 2.45) is 5.92 Å². The average molecular weight is 239 g/mol. The van der Waals surface area contributed by atoms with Gasteiger partial charge in [-0.05, 0) is 69.1 Å². The second kappa shape index (κ2) is 5.87. The summed E-state index contributed by atoms with van der Waals surface area (Å²) in [6.45, 7) is 4.40. The molecule has 1 aromatic carbocycles. The van der Waals surface area contributed by atoms with E-state index < -0.39 is 0 Å². The molecule has 1 aliphatic rings. The maximum atomic E-state index is 8.81. The minimum atomic E-state index is 0.693. The zero-order valence-electron chi connectivity index (χ0n) is 11.3. The first-order valence-corrected chi connectivity index (χ1v) is 6.87. The molecule has 1 heteroatoms. The second-order valence-electron chi connectivity index (χ2n) is 5.32. The highest BCUT2D eigenvalue weighted by molar-refractivity contribution is 5.33. The van der Waals surface area contributed by atoms with Gasteiger partial charge in [-0.25, -0.2) is 0 Å². The highest BCUT2D eigenvalue weighted by atomic mass is 14.3. The van der Waals surface area contributed by atoms with Gasteiger partial charge in [-0.3, -0.25) is 0 Å². The third-order valence-electron chi connectivity index (χ3n) is 4.34. The van der Waals surface area contributed by atoms with Crippen LogP contribution in [-0.4, -0.2) is 0 Å². The van der Waals surface area contributed by atoms with E-state index in [9.17, 15) is 0 Å². The van der Waals surface area contributed by atoms with E-state index in [-0.39, 0.29) is 0 Å². The van der Waals surface area contributed by atoms with Crippen molar-refractivity contribution in [1.29, 1.82) is 5.26 Å². The molecular formula is C17H21N. The molecule has 0 aromatic heterocycles. The van der Waals surface area contributed by atoms with Gasteiger partial charge in [0, 0.05) is 0 Å². The van der Waals surface area contributed by atoms with Crippen LogP contribution in [0.25, 0.3) is 0 Å². The molecule has 1 nitrogen and oxygen atoms in total. The van der Waals surface area contributed by atoms with E-state index in [1.165, 1.54) is 31.2 Å². The molecule has 0 saturated heterocycles. The Morgan fingerprint density at radius 3 is 2.28 bits per heavy atom. The monoisotopic (exact) mass is 239 g/mol. The highest BCUT2D eigenvalue weighted by Crippen LogP contribution is 2.38. The van der Waals surface area contributed by atoms with Gasteiger partial charge in [0.05, 0.1) is 11.6 Å². The minimum absolute atomic E-state index is 0.693. The summed E-state index contributed by atoms with van der Waals surface area (Å²) in [6.07, 6.45) is 7.43. The molecule has 1 fully saturated rings. The smallest absolute Gasteiger partial charge is 0.0991 e. The average Bonchev–Trinajstić information content (AvgIpc) is 2.47. The Hall–Kier alpha value is -1.55. The Kier molecular flexibility index (Phi) is 4.20. The van der Waals surface area contributed by atoms with Gasteiger partial charge in [0.15, 0.2) is 0 Å². The maximum Gasteiger partial charge on any atom is 0.0991 e. The van der Waals surface area contributed by atoms with Gasteiger partial charge in [0.1, 0.15) is 0 Å². The number of benzene rings is 1. The van der Waals surface area contributed by atoms with Gasteiger partial charge >= 0.3 is 0 Å². The van der Waals surface area contributed by atoms with Crippen molar-refractivity contribution in [3.63, 3.8) is 0 Å². The fourth-order valence-corrected chi connectivity index (χ4v) is 2.95. The SMILES string of the molecule is CC=C(C)C1CCC(c2ccc(C#N)cc2)CC1. The van der Waals surface area contributed by atoms with Gasteiger partial charge in [0.2, 0.25) is 0 Å². The van der Waals surface area contributed by atoms with Gasteiger partial charge in [-0.1, -0.05) is 23.8 Å². The fraction of sp³-hybridized carbons (Fsp3) is 0.471. The van der Waals surface area contributed by atoms with Crippen LogP contribution in [-0.2, 0) is 0 Å². The fourth-order valence-electron chi connectivity index (χ4n) is 2.95. The molecule has 2 rings (SSSR count). The van der Waals surface area contributed by atoms with E-state index in [0.29, 0.717) is 5.92 Å². The third-order valence-corrected chi connectivity index (χ3v) is 4.34. The molecule has 0 N–H and O–H groups in total. The molecule has 1 saturated carbocycles. The van der Waals surface area contributed by atoms with E-state index in [4.69, 9.17) is 5.26 Å². The molecule has 0 bridgehead atoms. The normalized spacial score (nSPS) is 24.6. The van der Waals surface area contributed by atoms with Crippen LogP contribution in [0, 0.1) is 17.2 Å². The van der Waals surface area contributed by atoms with Crippen LogP contribution in [0.5, 0.6) is 0 Å². The van der Waals surface area contributed by atoms with Crippen molar-refractivity contribution in [2.75, 3.05) is 0 Å². The quantitative estimate of drug-likeness (QED) is 0.680. The van der Waals surface area contributed by atoms with Crippen molar-refractivity contribution in [3.8, 4) is 6.07 Å². The highest BCUT2D eigenvalue weighted by Gasteiger charge is 2.22. The third kappa shape index (κ3) is 2.82. The summed E-state index contributed by atoms with van der Waals surface area (Å²) in [7, 11) is 0. The molecule has 0 unspecified atom stereocenters. The summed E-state index contributed by atoms with van der Waals surface area (Å²) in [5.74, 6) is 1.49. The lowest BCUT2D eigenvalue weighted by Crippen LogP contribution is -2.14. The molecule has 94 valence electrons. The van der Waals surface area contributed by atoms with Crippen LogP contribution in [0.3, 0.4) is 0 Å². The van der Waals surface area contributed by atoms with Gasteiger partial charge in [-0.2, -0.15) is 5.26 Å². The van der Waals surface area contributed by atoms with E-state index >= 15 is 0 Å². The summed E-state index contributed by atoms with van der Waals surface area (Å²) in [5.41, 5.74) is 3.72. The molecule has 0 spiro atoms. The van der Waals surface area contributed by atoms with E-state index in [1.807, 2.05) is 12.1 Å². The molecule has 0 atom stereocenters. The maximum absolute atomic E-state index is 8.81. The number of hydrogen-bond acceptors (Lipinski definition) is 1. The molecule has 18 heavy (non-hydrogen) atoms. The summed E-state index contributed by atoms with van der Waals surface area (Å²) in [4.78, 5) is 0. The van der Waals surface area contributed by atoms with Crippen molar-refractivity contribution in [3.05, 3.63) is 47.0 Å². The summed E-state index contributed by atoms with van der Waals surface area (Å²) >= 11 is 0. The van der Waals surface area contributed by atoms with E-state index in [1.54, 1.807) is 5.57 Å². The molecule has 0 amide bonds. The topological polar surface area (TPSA) is 23.8 Å². The van der Waals surface area contributed by atoms with Gasteiger partial charge in [-0.15, -0.1) is 0 Å². The molecule has 0 aliphatic heterocycles. The van der Waals surface area contributed by atoms with Crippen LogP contribution < -0.4 is 0 Å². The summed E-state index contributed by atoms with van der Waals surface area (Å²) in [5, 5.41) is 8.81. The zero-order valence-corrected chi connectivity index (χ0v) is 11.3. The summed E-state index contributed by atoms with van der Waals surface area (Å²) in [6, 6.07) is 10.3. The van der Waals surface area contributed by atoms with Crippen LogP contribution in [0.2, 0.25) is 0 Å². The van der Waals surface area contributed by atoms with Crippen molar-refractivity contribution < 1.29 is 0 Å². The first-order valence-electron chi connectivity index (χ1n) is 6.87. The Labute approximate surface area is 110 Å². The molecule has 0 heterocycles. The minimum Gasteiger partial charge on any atom is -0.192 e. The van der Waals surface area contributed by atoms with E-state index in [0.717, 1.165) is 11.5 Å². The van der Waals surface area contributed by atoms with Crippen molar-refractivity contribution in [1.82, 2.24) is 0 Å². The Morgan fingerprint density at radius 1 is 1.17 bits per heavy atom. The number of rotatable bonds is 2. The predicted octanol–water partition coefficient (Wildman–Crippen LogP) is 4.80. The first-order chi connectivity index (χ1) is 8.74. The Morgan fingerprint density at radius 2 is 1.78 bits per heavy atom.